The van der Waals surface area contributed by atoms with Crippen molar-refractivity contribution in [3.05, 3.63) is 57.8 Å². The molecular formula is C21H26N2O2S. The minimum atomic E-state index is -0.0634. The van der Waals surface area contributed by atoms with Crippen LogP contribution in [-0.2, 0) is 16.0 Å². The van der Waals surface area contributed by atoms with E-state index in [2.05, 4.69) is 37.4 Å². The summed E-state index contributed by atoms with van der Waals surface area (Å²) >= 11 is 1.76. The van der Waals surface area contributed by atoms with Crippen molar-refractivity contribution in [3.63, 3.8) is 0 Å². The van der Waals surface area contributed by atoms with Gasteiger partial charge in [-0.05, 0) is 34.9 Å². The van der Waals surface area contributed by atoms with Gasteiger partial charge in [0.1, 0.15) is 0 Å². The van der Waals surface area contributed by atoms with Gasteiger partial charge in [0.25, 0.3) is 0 Å². The molecule has 1 aliphatic heterocycles. The lowest BCUT2D eigenvalue weighted by molar-refractivity contribution is -0.141. The van der Waals surface area contributed by atoms with Crippen LogP contribution in [0.2, 0.25) is 0 Å². The molecule has 2 heterocycles. The molecule has 0 radical (unpaired) electrons. The van der Waals surface area contributed by atoms with Gasteiger partial charge in [0.15, 0.2) is 0 Å². The van der Waals surface area contributed by atoms with Crippen molar-refractivity contribution in [2.45, 2.75) is 33.2 Å². The Kier molecular flexibility index (Phi) is 5.77. The number of fused-ring (bicyclic) bond motifs is 1. The summed E-state index contributed by atoms with van der Waals surface area (Å²) in [5.41, 5.74) is 2.34. The van der Waals surface area contributed by atoms with E-state index in [0.29, 0.717) is 19.0 Å². The van der Waals surface area contributed by atoms with Crippen molar-refractivity contribution < 1.29 is 9.59 Å². The molecule has 0 fully saturated rings. The first-order chi connectivity index (χ1) is 12.5. The number of hydrogen-bond donors (Lipinski definition) is 0. The fourth-order valence-corrected chi connectivity index (χ4v) is 4.48. The lowest BCUT2D eigenvalue weighted by atomic mass is 9.93. The van der Waals surface area contributed by atoms with Crippen LogP contribution < -0.4 is 0 Å². The molecule has 1 aliphatic rings. The average molecular weight is 371 g/mol. The third-order valence-electron chi connectivity index (χ3n) is 4.76. The van der Waals surface area contributed by atoms with Gasteiger partial charge in [-0.3, -0.25) is 9.59 Å². The maximum absolute atomic E-state index is 13.1. The van der Waals surface area contributed by atoms with Crippen molar-refractivity contribution in [1.82, 2.24) is 9.80 Å². The maximum Gasteiger partial charge on any atom is 0.242 e. The fraction of sp³-hybridized carbons (Fsp3) is 0.429. The molecule has 1 aromatic heterocycles. The Hall–Kier alpha value is -2.14. The molecule has 5 heteroatoms. The van der Waals surface area contributed by atoms with Crippen LogP contribution >= 0.6 is 11.3 Å². The first-order valence-electron chi connectivity index (χ1n) is 9.13. The van der Waals surface area contributed by atoms with Gasteiger partial charge < -0.3 is 9.80 Å². The second-order valence-corrected chi connectivity index (χ2v) is 8.24. The van der Waals surface area contributed by atoms with Gasteiger partial charge >= 0.3 is 0 Å². The lowest BCUT2D eigenvalue weighted by Gasteiger charge is -2.37. The van der Waals surface area contributed by atoms with Crippen molar-refractivity contribution in [1.29, 1.82) is 0 Å². The van der Waals surface area contributed by atoms with E-state index in [9.17, 15) is 9.59 Å². The Labute approximate surface area is 159 Å². The Balaban J connectivity index is 1.87. The Morgan fingerprint density at radius 3 is 2.62 bits per heavy atom. The Bertz CT molecular complexity index is 769. The molecule has 0 aliphatic carbocycles. The first kappa shape index (κ1) is 18.6. The van der Waals surface area contributed by atoms with Gasteiger partial charge in [-0.2, -0.15) is 0 Å². The molecule has 0 N–H and O–H groups in total. The van der Waals surface area contributed by atoms with E-state index >= 15 is 0 Å². The summed E-state index contributed by atoms with van der Waals surface area (Å²) in [4.78, 5) is 30.1. The molecule has 4 nitrogen and oxygen atoms in total. The van der Waals surface area contributed by atoms with Crippen LogP contribution in [-0.4, -0.2) is 41.2 Å². The van der Waals surface area contributed by atoms with Crippen molar-refractivity contribution in [2.75, 3.05) is 19.6 Å². The summed E-state index contributed by atoms with van der Waals surface area (Å²) in [6.45, 7) is 7.11. The molecule has 0 unspecified atom stereocenters. The van der Waals surface area contributed by atoms with Crippen LogP contribution in [0.15, 0.2) is 41.8 Å². The SMILES string of the molecule is CC(=O)N(CC(=O)N1CCc2sccc2[C@H]1c1ccccc1)CC(C)C. The quantitative estimate of drug-likeness (QED) is 0.805. The summed E-state index contributed by atoms with van der Waals surface area (Å²) in [6, 6.07) is 12.2. The zero-order chi connectivity index (χ0) is 18.7. The fourth-order valence-electron chi connectivity index (χ4n) is 3.58. The van der Waals surface area contributed by atoms with E-state index in [1.165, 1.54) is 17.4 Å². The van der Waals surface area contributed by atoms with Crippen molar-refractivity contribution >= 4 is 23.2 Å². The molecule has 0 saturated heterocycles. The summed E-state index contributed by atoms with van der Waals surface area (Å²) in [7, 11) is 0. The van der Waals surface area contributed by atoms with Gasteiger partial charge in [0.05, 0.1) is 12.6 Å². The van der Waals surface area contributed by atoms with Gasteiger partial charge in [-0.25, -0.2) is 0 Å². The van der Waals surface area contributed by atoms with Gasteiger partial charge in [0, 0.05) is 24.9 Å². The molecule has 138 valence electrons. The first-order valence-corrected chi connectivity index (χ1v) is 10.0. The number of thiophene rings is 1. The number of rotatable bonds is 5. The number of carbonyl (C=O) groups excluding carboxylic acids is 2. The second-order valence-electron chi connectivity index (χ2n) is 7.24. The van der Waals surface area contributed by atoms with Crippen LogP contribution in [0.4, 0.5) is 0 Å². The molecule has 3 rings (SSSR count). The third kappa shape index (κ3) is 3.98. The third-order valence-corrected chi connectivity index (χ3v) is 5.76. The van der Waals surface area contributed by atoms with E-state index in [1.54, 1.807) is 16.2 Å². The predicted molar refractivity (Wildman–Crippen MR) is 105 cm³/mol. The highest BCUT2D eigenvalue weighted by molar-refractivity contribution is 7.10. The highest BCUT2D eigenvalue weighted by atomic mass is 32.1. The van der Waals surface area contributed by atoms with Crippen LogP contribution in [0.1, 0.15) is 42.8 Å². The highest BCUT2D eigenvalue weighted by Gasteiger charge is 2.33. The summed E-state index contributed by atoms with van der Waals surface area (Å²) in [5.74, 6) is 0.310. The minimum absolute atomic E-state index is 0.0200. The van der Waals surface area contributed by atoms with Crippen LogP contribution in [0.5, 0.6) is 0 Å². The molecule has 2 aromatic rings. The van der Waals surface area contributed by atoms with Crippen LogP contribution in [0.25, 0.3) is 0 Å². The van der Waals surface area contributed by atoms with Crippen molar-refractivity contribution in [3.8, 4) is 0 Å². The molecular weight excluding hydrogens is 344 g/mol. The van der Waals surface area contributed by atoms with Crippen LogP contribution in [0, 0.1) is 5.92 Å². The van der Waals surface area contributed by atoms with Gasteiger partial charge in [-0.15, -0.1) is 11.3 Å². The monoisotopic (exact) mass is 370 g/mol. The van der Waals surface area contributed by atoms with E-state index in [4.69, 9.17) is 0 Å². The van der Waals surface area contributed by atoms with E-state index in [-0.39, 0.29) is 24.4 Å². The predicted octanol–water partition coefficient (Wildman–Crippen LogP) is 3.73. The molecule has 2 amide bonds. The number of amides is 2. The topological polar surface area (TPSA) is 40.6 Å². The Morgan fingerprint density at radius 2 is 1.96 bits per heavy atom. The highest BCUT2D eigenvalue weighted by Crippen LogP contribution is 2.37. The molecule has 1 atom stereocenters. The number of carbonyl (C=O) groups is 2. The standard InChI is InChI=1S/C21H26N2O2S/c1-15(2)13-22(16(3)24)14-20(25)23-11-9-19-18(10-12-26-19)21(23)17-7-5-4-6-8-17/h4-8,10,12,15,21H,9,11,13-14H2,1-3H3/t21-/m1/s1. The summed E-state index contributed by atoms with van der Waals surface area (Å²) < 4.78 is 0. The molecule has 26 heavy (non-hydrogen) atoms. The normalized spacial score (nSPS) is 16.5. The lowest BCUT2D eigenvalue weighted by Crippen LogP contribution is -2.47. The molecule has 0 bridgehead atoms. The number of nitrogens with zero attached hydrogens (tertiary/aromatic N) is 2. The summed E-state index contributed by atoms with van der Waals surface area (Å²) in [5, 5.41) is 2.11. The zero-order valence-electron chi connectivity index (χ0n) is 15.6. The maximum atomic E-state index is 13.1. The Morgan fingerprint density at radius 1 is 1.23 bits per heavy atom. The molecule has 0 spiro atoms. The van der Waals surface area contributed by atoms with Gasteiger partial charge in [0.2, 0.25) is 11.8 Å². The average Bonchev–Trinajstić information content (AvgIpc) is 3.09. The number of benzene rings is 1. The summed E-state index contributed by atoms with van der Waals surface area (Å²) in [6.07, 6.45) is 0.881. The molecule has 0 saturated carbocycles. The van der Waals surface area contributed by atoms with Gasteiger partial charge in [-0.1, -0.05) is 44.2 Å². The minimum Gasteiger partial charge on any atom is -0.333 e. The van der Waals surface area contributed by atoms with Crippen LogP contribution in [0.3, 0.4) is 0 Å². The van der Waals surface area contributed by atoms with Crippen molar-refractivity contribution in [2.24, 2.45) is 5.92 Å². The molecule has 1 aromatic carbocycles. The zero-order valence-corrected chi connectivity index (χ0v) is 16.5. The van der Waals surface area contributed by atoms with E-state index < -0.39 is 0 Å². The second kappa shape index (κ2) is 8.04. The largest absolute Gasteiger partial charge is 0.333 e. The number of hydrogen-bond acceptors (Lipinski definition) is 3. The van der Waals surface area contributed by atoms with E-state index in [0.717, 1.165) is 12.0 Å². The smallest absolute Gasteiger partial charge is 0.242 e. The van der Waals surface area contributed by atoms with E-state index in [1.807, 2.05) is 23.1 Å².